The Morgan fingerprint density at radius 2 is 1.09 bits per heavy atom. The van der Waals surface area contributed by atoms with E-state index in [0.717, 1.165) is 66.7 Å². The maximum absolute atomic E-state index is 6.46. The van der Waals surface area contributed by atoms with E-state index in [0.29, 0.717) is 0 Å². The second-order valence-corrected chi connectivity index (χ2v) is 11.7. The Labute approximate surface area is 255 Å². The van der Waals surface area contributed by atoms with Crippen molar-refractivity contribution in [2.45, 2.75) is 0 Å². The highest BCUT2D eigenvalue weighted by molar-refractivity contribution is 6.08. The molecule has 0 saturated heterocycles. The molecule has 6 heteroatoms. The molecule has 0 radical (unpaired) electrons. The number of aromatic nitrogens is 5. The minimum atomic E-state index is 0.786. The van der Waals surface area contributed by atoms with Gasteiger partial charge in [-0.25, -0.2) is 4.98 Å². The predicted molar refractivity (Wildman–Crippen MR) is 182 cm³/mol. The number of pyridine rings is 1. The summed E-state index contributed by atoms with van der Waals surface area (Å²) in [7, 11) is 0. The van der Waals surface area contributed by atoms with Gasteiger partial charge >= 0.3 is 0 Å². The van der Waals surface area contributed by atoms with Crippen LogP contribution in [0.4, 0.5) is 0 Å². The first kappa shape index (κ1) is 23.2. The Morgan fingerprint density at radius 3 is 1.91 bits per heavy atom. The van der Waals surface area contributed by atoms with E-state index in [-0.39, 0.29) is 0 Å². The van der Waals surface area contributed by atoms with Gasteiger partial charge in [0.15, 0.2) is 11.4 Å². The van der Waals surface area contributed by atoms with Crippen LogP contribution < -0.4 is 0 Å². The topological polar surface area (TPSA) is 44.7 Å². The third-order valence-corrected chi connectivity index (χ3v) is 9.39. The zero-order chi connectivity index (χ0) is 29.2. The first-order valence-electron chi connectivity index (χ1n) is 15.1. The van der Waals surface area contributed by atoms with E-state index in [9.17, 15) is 0 Å². The van der Waals surface area contributed by atoms with Gasteiger partial charge in [-0.2, -0.15) is 0 Å². The number of benzene rings is 5. The standard InChI is InChI=1S/C39H23N5O/c1-3-11-29-24(9-1)21-36-41(30-12-4-5-13-31(30)42(29)36)26-18-17-25-22-37-43(34(25)23-26)32-14-6-7-15-33(32)44(37)39-38-28(19-20-40-39)27-10-2-8-16-35(27)45-38/h1-23H. The van der Waals surface area contributed by atoms with E-state index in [1.54, 1.807) is 0 Å². The zero-order valence-electron chi connectivity index (χ0n) is 23.9. The van der Waals surface area contributed by atoms with Crippen LogP contribution in [0.5, 0.6) is 0 Å². The first-order valence-corrected chi connectivity index (χ1v) is 15.1. The Hall–Kier alpha value is -6.27. The van der Waals surface area contributed by atoms with Gasteiger partial charge in [-0.1, -0.05) is 66.7 Å². The predicted octanol–water partition coefficient (Wildman–Crippen LogP) is 9.68. The molecule has 0 fully saturated rings. The molecule has 6 heterocycles. The molecule has 11 rings (SSSR count). The fourth-order valence-electron chi connectivity index (χ4n) is 7.51. The van der Waals surface area contributed by atoms with E-state index in [2.05, 4.69) is 133 Å². The van der Waals surface area contributed by atoms with E-state index in [1.807, 2.05) is 24.4 Å². The van der Waals surface area contributed by atoms with Gasteiger partial charge in [0.2, 0.25) is 0 Å². The number of para-hydroxylation sites is 6. The monoisotopic (exact) mass is 577 g/mol. The average molecular weight is 578 g/mol. The third-order valence-electron chi connectivity index (χ3n) is 9.39. The van der Waals surface area contributed by atoms with Gasteiger partial charge in [-0.05, 0) is 66.7 Å². The van der Waals surface area contributed by atoms with E-state index in [1.165, 1.54) is 21.9 Å². The highest BCUT2D eigenvalue weighted by atomic mass is 16.3. The summed E-state index contributed by atoms with van der Waals surface area (Å²) in [5.74, 6) is 0.788. The van der Waals surface area contributed by atoms with Crippen molar-refractivity contribution in [1.82, 2.24) is 22.9 Å². The van der Waals surface area contributed by atoms with Crippen molar-refractivity contribution >= 4 is 77.1 Å². The highest BCUT2D eigenvalue weighted by Crippen LogP contribution is 2.38. The van der Waals surface area contributed by atoms with Crippen LogP contribution in [0, 0.1) is 0 Å². The van der Waals surface area contributed by atoms with Crippen LogP contribution in [0.1, 0.15) is 0 Å². The summed E-state index contributed by atoms with van der Waals surface area (Å²) >= 11 is 0. The van der Waals surface area contributed by atoms with Gasteiger partial charge in [-0.3, -0.25) is 17.9 Å². The van der Waals surface area contributed by atoms with Crippen LogP contribution in [-0.2, 0) is 0 Å². The van der Waals surface area contributed by atoms with Crippen molar-refractivity contribution in [2.75, 3.05) is 0 Å². The molecule has 210 valence electrons. The number of hydrogen-bond donors (Lipinski definition) is 0. The van der Waals surface area contributed by atoms with Crippen LogP contribution in [0.2, 0.25) is 0 Å². The Bertz CT molecular complexity index is 3000. The maximum atomic E-state index is 6.46. The van der Waals surface area contributed by atoms with E-state index >= 15 is 0 Å². The maximum Gasteiger partial charge on any atom is 0.183 e. The number of hydrogen-bond acceptors (Lipinski definition) is 2. The molecular formula is C39H23N5O. The Morgan fingerprint density at radius 1 is 0.467 bits per heavy atom. The summed E-state index contributed by atoms with van der Waals surface area (Å²) < 4.78 is 15.8. The molecule has 0 aliphatic carbocycles. The molecule has 6 nitrogen and oxygen atoms in total. The van der Waals surface area contributed by atoms with Crippen molar-refractivity contribution in [3.05, 3.63) is 140 Å². The Balaban J connectivity index is 1.24. The summed E-state index contributed by atoms with van der Waals surface area (Å²) in [6.07, 6.45) is 1.88. The number of imidazole rings is 2. The molecule has 0 amide bonds. The molecule has 0 spiro atoms. The fourth-order valence-corrected chi connectivity index (χ4v) is 7.51. The van der Waals surface area contributed by atoms with Crippen LogP contribution in [0.3, 0.4) is 0 Å². The summed E-state index contributed by atoms with van der Waals surface area (Å²) in [4.78, 5) is 4.91. The van der Waals surface area contributed by atoms with Gasteiger partial charge in [0.05, 0.1) is 33.1 Å². The van der Waals surface area contributed by atoms with E-state index in [4.69, 9.17) is 9.40 Å². The second-order valence-electron chi connectivity index (χ2n) is 11.7. The number of furan rings is 1. The molecule has 0 N–H and O–H groups in total. The fraction of sp³-hybridized carbons (Fsp3) is 0. The van der Waals surface area contributed by atoms with Crippen molar-refractivity contribution < 1.29 is 4.42 Å². The largest absolute Gasteiger partial charge is 0.452 e. The molecule has 5 aromatic carbocycles. The molecule has 0 atom stereocenters. The van der Waals surface area contributed by atoms with E-state index < -0.39 is 0 Å². The van der Waals surface area contributed by atoms with Gasteiger partial charge in [0, 0.05) is 33.4 Å². The van der Waals surface area contributed by atoms with Crippen molar-refractivity contribution in [3.63, 3.8) is 0 Å². The van der Waals surface area contributed by atoms with Gasteiger partial charge < -0.3 is 4.42 Å². The zero-order valence-corrected chi connectivity index (χ0v) is 23.9. The lowest BCUT2D eigenvalue weighted by Crippen LogP contribution is -1.97. The molecule has 0 saturated carbocycles. The molecule has 6 aromatic heterocycles. The average Bonchev–Trinajstić information content (AvgIpc) is 3.87. The van der Waals surface area contributed by atoms with Crippen LogP contribution in [0.15, 0.2) is 144 Å². The molecule has 45 heavy (non-hydrogen) atoms. The number of fused-ring (bicyclic) bond motifs is 13. The first-order chi connectivity index (χ1) is 22.3. The van der Waals surface area contributed by atoms with Crippen LogP contribution in [-0.4, -0.2) is 22.9 Å². The summed E-state index contributed by atoms with van der Waals surface area (Å²) in [6, 6.07) is 47.4. The summed E-state index contributed by atoms with van der Waals surface area (Å²) in [6.45, 7) is 0. The van der Waals surface area contributed by atoms with Crippen molar-refractivity contribution in [2.24, 2.45) is 0 Å². The quantitative estimate of drug-likeness (QED) is 0.205. The van der Waals surface area contributed by atoms with Gasteiger partial charge in [0.25, 0.3) is 0 Å². The molecule has 0 aliphatic heterocycles. The Kier molecular flexibility index (Phi) is 4.24. The molecule has 0 unspecified atom stereocenters. The lowest BCUT2D eigenvalue weighted by Gasteiger charge is -2.07. The minimum Gasteiger partial charge on any atom is -0.452 e. The molecular weight excluding hydrogens is 554 g/mol. The molecule has 11 aromatic rings. The van der Waals surface area contributed by atoms with Crippen LogP contribution >= 0.6 is 0 Å². The molecule has 0 bridgehead atoms. The highest BCUT2D eigenvalue weighted by Gasteiger charge is 2.21. The summed E-state index contributed by atoms with van der Waals surface area (Å²) in [5.41, 5.74) is 11.9. The summed E-state index contributed by atoms with van der Waals surface area (Å²) in [5, 5.41) is 4.55. The van der Waals surface area contributed by atoms with Gasteiger partial charge in [0.1, 0.15) is 16.9 Å². The van der Waals surface area contributed by atoms with Crippen molar-refractivity contribution in [3.8, 4) is 11.5 Å². The number of nitrogens with zero attached hydrogens (tertiary/aromatic N) is 5. The normalized spacial score (nSPS) is 12.4. The lowest BCUT2D eigenvalue weighted by molar-refractivity contribution is 0.663. The second kappa shape index (κ2) is 8.21. The third kappa shape index (κ3) is 2.91. The number of rotatable bonds is 2. The molecule has 0 aliphatic rings. The van der Waals surface area contributed by atoms with Crippen molar-refractivity contribution in [1.29, 1.82) is 0 Å². The van der Waals surface area contributed by atoms with Gasteiger partial charge in [-0.15, -0.1) is 0 Å². The SMILES string of the molecule is c1ccc2c(c1)cc1n(-c3ccc4cc5n(-c6nccc7c6oc6ccccc67)c6ccccc6n5c4c3)c3ccccc3n21. The van der Waals surface area contributed by atoms with Crippen LogP contribution in [0.25, 0.3) is 88.6 Å². The minimum absolute atomic E-state index is 0.786. The lowest BCUT2D eigenvalue weighted by atomic mass is 10.2. The smallest absolute Gasteiger partial charge is 0.183 e.